The molecule has 1 aliphatic carbocycles. The Balaban J connectivity index is 1.76. The quantitative estimate of drug-likeness (QED) is 0.170. The van der Waals surface area contributed by atoms with Gasteiger partial charge in [-0.25, -0.2) is 14.4 Å². The SMILES string of the molecule is Cc1ccc(C(=O)O[C@@H]([C@H](Br)COC(=O)C2=CCC(C)C=C2)[C@H](C=O)OC(=O)c2ccc(C)cc2)cc1. The number of carbonyl (C=O) groups is 4. The van der Waals surface area contributed by atoms with Crippen LogP contribution in [0.15, 0.2) is 72.3 Å². The lowest BCUT2D eigenvalue weighted by atomic mass is 9.99. The molecule has 0 heterocycles. The smallest absolute Gasteiger partial charge is 0.338 e. The molecular formula is C29H29BrO7. The Morgan fingerprint density at radius 3 is 1.95 bits per heavy atom. The average molecular weight is 569 g/mol. The van der Waals surface area contributed by atoms with Crippen LogP contribution in [0, 0.1) is 19.8 Å². The third-order valence-electron chi connectivity index (χ3n) is 5.80. The van der Waals surface area contributed by atoms with E-state index in [1.165, 1.54) is 0 Å². The highest BCUT2D eigenvalue weighted by Gasteiger charge is 2.36. The van der Waals surface area contributed by atoms with Crippen LogP contribution in [0.1, 0.15) is 45.2 Å². The van der Waals surface area contributed by atoms with Crippen molar-refractivity contribution in [1.29, 1.82) is 0 Å². The van der Waals surface area contributed by atoms with E-state index in [2.05, 4.69) is 15.9 Å². The summed E-state index contributed by atoms with van der Waals surface area (Å²) in [5.41, 5.74) is 2.82. The minimum Gasteiger partial charge on any atom is -0.461 e. The van der Waals surface area contributed by atoms with Gasteiger partial charge in [-0.2, -0.15) is 0 Å². The van der Waals surface area contributed by atoms with Crippen molar-refractivity contribution in [3.8, 4) is 0 Å². The fraction of sp³-hybridized carbons (Fsp3) is 0.310. The number of rotatable bonds is 10. The van der Waals surface area contributed by atoms with Crippen molar-refractivity contribution < 1.29 is 33.4 Å². The largest absolute Gasteiger partial charge is 0.461 e. The molecule has 4 atom stereocenters. The maximum atomic E-state index is 12.9. The molecule has 8 heteroatoms. The molecule has 0 saturated heterocycles. The number of carbonyl (C=O) groups excluding carboxylic acids is 4. The molecule has 7 nitrogen and oxygen atoms in total. The maximum Gasteiger partial charge on any atom is 0.338 e. The summed E-state index contributed by atoms with van der Waals surface area (Å²) in [4.78, 5) is 49.3. The van der Waals surface area contributed by atoms with Gasteiger partial charge in [-0.15, -0.1) is 0 Å². The number of alkyl halides is 1. The lowest BCUT2D eigenvalue weighted by molar-refractivity contribution is -0.139. The van der Waals surface area contributed by atoms with E-state index in [1.807, 2.05) is 26.8 Å². The normalized spacial score (nSPS) is 17.1. The van der Waals surface area contributed by atoms with E-state index in [1.54, 1.807) is 60.7 Å². The number of halogens is 1. The first kappa shape index (κ1) is 28.1. The molecule has 2 aromatic rings. The van der Waals surface area contributed by atoms with Crippen molar-refractivity contribution >= 4 is 40.1 Å². The van der Waals surface area contributed by atoms with Crippen LogP contribution in [0.4, 0.5) is 0 Å². The van der Waals surface area contributed by atoms with Gasteiger partial charge in [0.15, 0.2) is 18.5 Å². The highest BCUT2D eigenvalue weighted by Crippen LogP contribution is 2.21. The van der Waals surface area contributed by atoms with Gasteiger partial charge in [-0.1, -0.05) is 76.5 Å². The lowest BCUT2D eigenvalue weighted by Crippen LogP contribution is -2.44. The Kier molecular flexibility index (Phi) is 9.97. The van der Waals surface area contributed by atoms with Crippen LogP contribution >= 0.6 is 15.9 Å². The van der Waals surface area contributed by atoms with Crippen LogP contribution in [0.25, 0.3) is 0 Å². The molecule has 0 aromatic heterocycles. The number of aldehydes is 1. The monoisotopic (exact) mass is 568 g/mol. The summed E-state index contributed by atoms with van der Waals surface area (Å²) >= 11 is 3.37. The molecule has 0 bridgehead atoms. The summed E-state index contributed by atoms with van der Waals surface area (Å²) in [5.74, 6) is -1.68. The van der Waals surface area contributed by atoms with Crippen molar-refractivity contribution in [2.75, 3.05) is 6.61 Å². The zero-order valence-electron chi connectivity index (χ0n) is 20.9. The summed E-state index contributed by atoms with van der Waals surface area (Å²) in [6.07, 6.45) is 3.79. The number of ether oxygens (including phenoxy) is 3. The zero-order valence-corrected chi connectivity index (χ0v) is 22.5. The van der Waals surface area contributed by atoms with Crippen LogP contribution < -0.4 is 0 Å². The molecule has 37 heavy (non-hydrogen) atoms. The van der Waals surface area contributed by atoms with Crippen LogP contribution in [0.3, 0.4) is 0 Å². The maximum absolute atomic E-state index is 12.9. The first-order valence-corrected chi connectivity index (χ1v) is 12.8. The molecule has 0 radical (unpaired) electrons. The predicted octanol–water partition coefficient (Wildman–Crippen LogP) is 5.08. The van der Waals surface area contributed by atoms with Gasteiger partial charge in [-0.05, 0) is 50.5 Å². The Morgan fingerprint density at radius 2 is 1.46 bits per heavy atom. The van der Waals surface area contributed by atoms with Crippen molar-refractivity contribution in [3.63, 3.8) is 0 Å². The third kappa shape index (κ3) is 7.98. The fourth-order valence-electron chi connectivity index (χ4n) is 3.49. The summed E-state index contributed by atoms with van der Waals surface area (Å²) in [6.45, 7) is 5.55. The van der Waals surface area contributed by atoms with Gasteiger partial charge in [0.25, 0.3) is 0 Å². The number of allylic oxidation sites excluding steroid dienone is 2. The van der Waals surface area contributed by atoms with Gasteiger partial charge in [0.2, 0.25) is 0 Å². The van der Waals surface area contributed by atoms with Crippen LogP contribution in [-0.2, 0) is 23.8 Å². The van der Waals surface area contributed by atoms with Gasteiger partial charge in [0.05, 0.1) is 21.5 Å². The van der Waals surface area contributed by atoms with E-state index >= 15 is 0 Å². The Morgan fingerprint density at radius 1 is 0.919 bits per heavy atom. The number of hydrogen-bond acceptors (Lipinski definition) is 7. The minimum absolute atomic E-state index is 0.238. The second-order valence-corrected chi connectivity index (χ2v) is 10.1. The highest BCUT2D eigenvalue weighted by atomic mass is 79.9. The molecular weight excluding hydrogens is 540 g/mol. The molecule has 0 aliphatic heterocycles. The van der Waals surface area contributed by atoms with E-state index < -0.39 is 34.9 Å². The molecule has 3 rings (SSSR count). The van der Waals surface area contributed by atoms with Crippen LogP contribution in [0.2, 0.25) is 0 Å². The number of aryl methyl sites for hydroxylation is 2. The van der Waals surface area contributed by atoms with Gasteiger partial charge in [-0.3, -0.25) is 4.79 Å². The van der Waals surface area contributed by atoms with Crippen LogP contribution in [0.5, 0.6) is 0 Å². The van der Waals surface area contributed by atoms with Crippen molar-refractivity contribution in [3.05, 3.63) is 94.6 Å². The summed E-state index contributed by atoms with van der Waals surface area (Å²) in [6, 6.07) is 13.3. The molecule has 2 aromatic carbocycles. The first-order valence-electron chi connectivity index (χ1n) is 11.9. The van der Waals surface area contributed by atoms with E-state index in [-0.39, 0.29) is 17.7 Å². The van der Waals surface area contributed by atoms with Crippen LogP contribution in [-0.4, -0.2) is 47.8 Å². The Bertz CT molecular complexity index is 1180. The van der Waals surface area contributed by atoms with Gasteiger partial charge >= 0.3 is 17.9 Å². The minimum atomic E-state index is -1.46. The molecule has 0 N–H and O–H groups in total. The predicted molar refractivity (Wildman–Crippen MR) is 142 cm³/mol. The van der Waals surface area contributed by atoms with Gasteiger partial charge in [0, 0.05) is 0 Å². The molecule has 0 amide bonds. The van der Waals surface area contributed by atoms with Gasteiger partial charge in [0.1, 0.15) is 6.61 Å². The summed E-state index contributed by atoms with van der Waals surface area (Å²) in [7, 11) is 0. The number of esters is 3. The average Bonchev–Trinajstić information content (AvgIpc) is 2.90. The standard InChI is InChI=1S/C29H29BrO7/c1-18-4-10-21(11-5-18)27(32)35-17-24(30)26(37-29(34)23-14-8-20(3)9-15-23)25(16-31)36-28(33)22-12-6-19(2)7-13-22/h4,6-16,18,24-26H,5,17H2,1-3H3/t18?,24-,25+,26+/m1/s1. The number of benzene rings is 2. The second-order valence-electron chi connectivity index (χ2n) is 8.95. The van der Waals surface area contributed by atoms with E-state index in [4.69, 9.17) is 14.2 Å². The highest BCUT2D eigenvalue weighted by molar-refractivity contribution is 9.09. The first-order chi connectivity index (χ1) is 17.7. The third-order valence-corrected chi connectivity index (χ3v) is 6.58. The van der Waals surface area contributed by atoms with Gasteiger partial charge < -0.3 is 14.2 Å². The lowest BCUT2D eigenvalue weighted by Gasteiger charge is -2.27. The Labute approximate surface area is 224 Å². The topological polar surface area (TPSA) is 96.0 Å². The molecule has 0 spiro atoms. The van der Waals surface area contributed by atoms with Crippen molar-refractivity contribution in [1.82, 2.24) is 0 Å². The summed E-state index contributed by atoms with van der Waals surface area (Å²) < 4.78 is 16.5. The van der Waals surface area contributed by atoms with E-state index in [0.717, 1.165) is 17.5 Å². The van der Waals surface area contributed by atoms with E-state index in [0.29, 0.717) is 17.8 Å². The number of hydrogen-bond donors (Lipinski definition) is 0. The van der Waals surface area contributed by atoms with Crippen molar-refractivity contribution in [2.45, 2.75) is 44.2 Å². The van der Waals surface area contributed by atoms with E-state index in [9.17, 15) is 19.2 Å². The van der Waals surface area contributed by atoms with Crippen molar-refractivity contribution in [2.24, 2.45) is 5.92 Å². The summed E-state index contributed by atoms with van der Waals surface area (Å²) in [5, 5.41) is 0. The fourth-order valence-corrected chi connectivity index (χ4v) is 4.03. The molecule has 0 fully saturated rings. The Hall–Kier alpha value is -3.52. The zero-order chi connectivity index (χ0) is 26.9. The molecule has 1 unspecified atom stereocenters. The molecule has 0 saturated carbocycles. The second kappa shape index (κ2) is 13.1. The molecule has 1 aliphatic rings. The molecule has 194 valence electrons.